The number of unbranched alkanes of at least 4 members (excludes halogenated alkanes) is 10. The lowest BCUT2D eigenvalue weighted by molar-refractivity contribution is -0.122. The zero-order valence-corrected chi connectivity index (χ0v) is 22.1. The van der Waals surface area contributed by atoms with Crippen molar-refractivity contribution in [3.63, 3.8) is 0 Å². The molecule has 1 aromatic rings. The normalized spacial score (nSPS) is 12.8. The Bertz CT molecular complexity index is 662. The molecule has 0 aromatic heterocycles. The molecule has 1 heterocycles. The summed E-state index contributed by atoms with van der Waals surface area (Å²) in [5, 5.41) is 2.74. The van der Waals surface area contributed by atoms with Crippen molar-refractivity contribution in [2.45, 2.75) is 110 Å². The van der Waals surface area contributed by atoms with Crippen LogP contribution < -0.4 is 5.32 Å². The number of hydrogen-bond donors (Lipinski definition) is 1. The van der Waals surface area contributed by atoms with E-state index in [0.29, 0.717) is 24.3 Å². The minimum Gasteiger partial charge on any atom is -0.462 e. The van der Waals surface area contributed by atoms with Gasteiger partial charge in [-0.25, -0.2) is 9.59 Å². The molecule has 0 atom stereocenters. The van der Waals surface area contributed by atoms with Gasteiger partial charge in [-0.3, -0.25) is 4.79 Å². The predicted octanol–water partition coefficient (Wildman–Crippen LogP) is 7.01. The first-order chi connectivity index (χ1) is 17.1. The fourth-order valence-electron chi connectivity index (χ4n) is 3.82. The minimum atomic E-state index is -0.444. The van der Waals surface area contributed by atoms with E-state index in [-0.39, 0.29) is 5.91 Å². The lowest BCUT2D eigenvalue weighted by Gasteiger charge is -2.10. The Morgan fingerprint density at radius 3 is 1.54 bits per heavy atom. The number of piperidine rings is 1. The number of hydrogen-bond acceptors (Lipinski definition) is 5. The fourth-order valence-corrected chi connectivity index (χ4v) is 3.82. The molecule has 35 heavy (non-hydrogen) atoms. The number of ether oxygens (including phenoxy) is 2. The molecule has 2 rings (SSSR count). The van der Waals surface area contributed by atoms with E-state index in [2.05, 4.69) is 19.2 Å². The Morgan fingerprint density at radius 1 is 0.714 bits per heavy atom. The minimum absolute atomic E-state index is 0.214. The van der Waals surface area contributed by atoms with E-state index in [1.165, 1.54) is 51.4 Å². The zero-order chi connectivity index (χ0) is 25.6. The van der Waals surface area contributed by atoms with Crippen LogP contribution in [0.15, 0.2) is 24.3 Å². The van der Waals surface area contributed by atoms with E-state index in [4.69, 9.17) is 9.47 Å². The molecule has 1 aliphatic heterocycles. The van der Waals surface area contributed by atoms with E-state index in [1.807, 2.05) is 0 Å². The van der Waals surface area contributed by atoms with Crippen molar-refractivity contribution < 1.29 is 23.9 Å². The topological polar surface area (TPSA) is 81.7 Å². The van der Waals surface area contributed by atoms with Gasteiger partial charge in [0.1, 0.15) is 0 Å². The number of amides is 1. The van der Waals surface area contributed by atoms with Crippen LogP contribution in [0.4, 0.5) is 0 Å². The summed E-state index contributed by atoms with van der Waals surface area (Å²) >= 11 is 0. The molecule has 1 saturated heterocycles. The second kappa shape index (κ2) is 21.0. The SMILES string of the molecule is CCCCCCCCOC(=O)c1ccccc1C(=O)OCCCCCCCC.O=C1CCCCN1. The summed E-state index contributed by atoms with van der Waals surface area (Å²) in [6, 6.07) is 6.74. The average Bonchev–Trinajstić information content (AvgIpc) is 2.88. The molecule has 0 bridgehead atoms. The number of nitrogens with one attached hydrogen (secondary N) is 1. The number of carbonyl (C=O) groups excluding carboxylic acids is 3. The lowest BCUT2D eigenvalue weighted by Crippen LogP contribution is -2.28. The molecule has 0 radical (unpaired) electrons. The standard InChI is InChI=1S/C24H38O4.C5H9NO/c1-3-5-7-9-11-15-19-27-23(25)21-17-13-14-18-22(21)24(26)28-20-16-12-10-8-6-4-2;7-5-3-1-2-4-6-5/h13-14,17-18H,3-12,15-16,19-20H2,1-2H3;1-4H2,(H,6,7). The Hall–Kier alpha value is -2.37. The second-order valence-electron chi connectivity index (χ2n) is 9.16. The van der Waals surface area contributed by atoms with Crippen molar-refractivity contribution in [3.05, 3.63) is 35.4 Å². The van der Waals surface area contributed by atoms with Crippen LogP contribution in [0.5, 0.6) is 0 Å². The third kappa shape index (κ3) is 15.3. The van der Waals surface area contributed by atoms with Crippen LogP contribution in [0, 0.1) is 0 Å². The van der Waals surface area contributed by atoms with Crippen LogP contribution in [0.1, 0.15) is 131 Å². The fraction of sp³-hybridized carbons (Fsp3) is 0.690. The van der Waals surface area contributed by atoms with Gasteiger partial charge in [0, 0.05) is 13.0 Å². The van der Waals surface area contributed by atoms with Gasteiger partial charge in [0.05, 0.1) is 24.3 Å². The van der Waals surface area contributed by atoms with Crippen LogP contribution in [0.25, 0.3) is 0 Å². The highest BCUT2D eigenvalue weighted by atomic mass is 16.5. The Labute approximate surface area is 212 Å². The van der Waals surface area contributed by atoms with Crippen LogP contribution in [0.3, 0.4) is 0 Å². The predicted molar refractivity (Wildman–Crippen MR) is 141 cm³/mol. The van der Waals surface area contributed by atoms with Crippen LogP contribution in [-0.4, -0.2) is 37.6 Å². The third-order valence-electron chi connectivity index (χ3n) is 5.98. The van der Waals surface area contributed by atoms with Gasteiger partial charge in [0.2, 0.25) is 5.91 Å². The first kappa shape index (κ1) is 30.7. The van der Waals surface area contributed by atoms with Crippen molar-refractivity contribution in [2.24, 2.45) is 0 Å². The van der Waals surface area contributed by atoms with Crippen molar-refractivity contribution in [3.8, 4) is 0 Å². The molecule has 0 aliphatic carbocycles. The molecule has 0 spiro atoms. The number of carbonyl (C=O) groups is 3. The summed E-state index contributed by atoms with van der Waals surface area (Å²) in [5.74, 6) is -0.674. The molecule has 198 valence electrons. The third-order valence-corrected chi connectivity index (χ3v) is 5.98. The summed E-state index contributed by atoms with van der Waals surface area (Å²) in [4.78, 5) is 35.1. The average molecular weight is 490 g/mol. The van der Waals surface area contributed by atoms with E-state index < -0.39 is 11.9 Å². The van der Waals surface area contributed by atoms with Gasteiger partial charge >= 0.3 is 11.9 Å². The van der Waals surface area contributed by atoms with Gasteiger partial charge in [-0.15, -0.1) is 0 Å². The number of rotatable bonds is 16. The first-order valence-corrected chi connectivity index (χ1v) is 13.8. The summed E-state index contributed by atoms with van der Waals surface area (Å²) in [7, 11) is 0. The number of esters is 2. The summed E-state index contributed by atoms with van der Waals surface area (Å²) in [6.45, 7) is 6.06. The summed E-state index contributed by atoms with van der Waals surface area (Å²) in [6.07, 6.45) is 16.6. The quantitative estimate of drug-likeness (QED) is 0.199. The lowest BCUT2D eigenvalue weighted by atomic mass is 10.1. The Morgan fingerprint density at radius 2 is 1.17 bits per heavy atom. The highest BCUT2D eigenvalue weighted by Gasteiger charge is 2.18. The van der Waals surface area contributed by atoms with Gasteiger partial charge in [0.25, 0.3) is 0 Å². The van der Waals surface area contributed by atoms with E-state index >= 15 is 0 Å². The molecule has 6 nitrogen and oxygen atoms in total. The smallest absolute Gasteiger partial charge is 0.339 e. The molecule has 1 aromatic carbocycles. The van der Waals surface area contributed by atoms with Gasteiger partial charge in [-0.2, -0.15) is 0 Å². The van der Waals surface area contributed by atoms with Crippen molar-refractivity contribution in [1.29, 1.82) is 0 Å². The number of benzene rings is 1. The summed E-state index contributed by atoms with van der Waals surface area (Å²) in [5.41, 5.74) is 0.586. The van der Waals surface area contributed by atoms with E-state index in [1.54, 1.807) is 24.3 Å². The Balaban J connectivity index is 0.000000744. The maximum atomic E-state index is 12.4. The largest absolute Gasteiger partial charge is 0.462 e. The zero-order valence-electron chi connectivity index (χ0n) is 22.1. The van der Waals surface area contributed by atoms with Gasteiger partial charge in [0.15, 0.2) is 0 Å². The molecule has 1 fully saturated rings. The van der Waals surface area contributed by atoms with Crippen molar-refractivity contribution >= 4 is 17.8 Å². The highest BCUT2D eigenvalue weighted by Crippen LogP contribution is 2.14. The van der Waals surface area contributed by atoms with Gasteiger partial charge in [-0.05, 0) is 37.8 Å². The molecule has 0 saturated carbocycles. The molecular formula is C29H47NO5. The first-order valence-electron chi connectivity index (χ1n) is 13.8. The second-order valence-corrected chi connectivity index (χ2v) is 9.16. The van der Waals surface area contributed by atoms with Gasteiger partial charge in [-0.1, -0.05) is 90.2 Å². The Kier molecular flexibility index (Phi) is 18.4. The molecular weight excluding hydrogens is 442 g/mol. The van der Waals surface area contributed by atoms with Crippen molar-refractivity contribution in [1.82, 2.24) is 5.32 Å². The molecule has 1 amide bonds. The summed E-state index contributed by atoms with van der Waals surface area (Å²) < 4.78 is 10.7. The van der Waals surface area contributed by atoms with Crippen LogP contribution in [0.2, 0.25) is 0 Å². The molecule has 6 heteroatoms. The highest BCUT2D eigenvalue weighted by molar-refractivity contribution is 6.03. The monoisotopic (exact) mass is 489 g/mol. The van der Waals surface area contributed by atoms with E-state index in [9.17, 15) is 14.4 Å². The van der Waals surface area contributed by atoms with Crippen LogP contribution in [-0.2, 0) is 14.3 Å². The molecule has 1 aliphatic rings. The van der Waals surface area contributed by atoms with E-state index in [0.717, 1.165) is 51.5 Å². The molecule has 1 N–H and O–H groups in total. The van der Waals surface area contributed by atoms with Crippen LogP contribution >= 0.6 is 0 Å². The van der Waals surface area contributed by atoms with Gasteiger partial charge < -0.3 is 14.8 Å². The molecule has 0 unspecified atom stereocenters. The maximum Gasteiger partial charge on any atom is 0.339 e. The maximum absolute atomic E-state index is 12.4. The van der Waals surface area contributed by atoms with Crippen molar-refractivity contribution in [2.75, 3.05) is 19.8 Å².